The SMILES string of the molecule is N#CC1=C(c2ccccc2)OC(=O)[C@@H](Cc2ccccc2)[C@H]1c1ccc(Cl)cc1. The number of halogens is 1. The average Bonchev–Trinajstić information content (AvgIpc) is 2.77. The molecule has 0 aliphatic carbocycles. The van der Waals surface area contributed by atoms with Crippen LogP contribution in [0, 0.1) is 17.2 Å². The number of rotatable bonds is 4. The summed E-state index contributed by atoms with van der Waals surface area (Å²) < 4.78 is 5.73. The van der Waals surface area contributed by atoms with Crippen molar-refractivity contribution >= 4 is 23.3 Å². The Kier molecular flexibility index (Phi) is 5.46. The van der Waals surface area contributed by atoms with E-state index >= 15 is 0 Å². The topological polar surface area (TPSA) is 50.1 Å². The van der Waals surface area contributed by atoms with Crippen molar-refractivity contribution < 1.29 is 9.53 Å². The molecule has 0 N–H and O–H groups in total. The highest BCUT2D eigenvalue weighted by Crippen LogP contribution is 2.43. The van der Waals surface area contributed by atoms with E-state index in [0.29, 0.717) is 22.8 Å². The van der Waals surface area contributed by atoms with Gasteiger partial charge in [-0.05, 0) is 29.7 Å². The molecule has 1 aliphatic heterocycles. The highest BCUT2D eigenvalue weighted by molar-refractivity contribution is 6.30. The van der Waals surface area contributed by atoms with Crippen LogP contribution in [0.3, 0.4) is 0 Å². The summed E-state index contributed by atoms with van der Waals surface area (Å²) in [6.07, 6.45) is 0.486. The van der Waals surface area contributed by atoms with Gasteiger partial charge in [0, 0.05) is 16.5 Å². The molecule has 4 heteroatoms. The molecule has 142 valence electrons. The van der Waals surface area contributed by atoms with E-state index in [1.807, 2.05) is 72.8 Å². The minimum atomic E-state index is -0.499. The van der Waals surface area contributed by atoms with Gasteiger partial charge in [-0.25, -0.2) is 0 Å². The summed E-state index contributed by atoms with van der Waals surface area (Å²) in [5.74, 6) is -0.899. The van der Waals surface area contributed by atoms with Crippen LogP contribution in [0.2, 0.25) is 5.02 Å². The summed E-state index contributed by atoms with van der Waals surface area (Å²) in [5, 5.41) is 10.7. The highest BCUT2D eigenvalue weighted by Gasteiger charge is 2.41. The Bertz CT molecular complexity index is 1080. The molecular weight excluding hydrogens is 382 g/mol. The van der Waals surface area contributed by atoms with E-state index in [1.54, 1.807) is 12.1 Å². The number of nitrogens with zero attached hydrogens (tertiary/aromatic N) is 1. The molecule has 0 saturated carbocycles. The molecule has 0 aromatic heterocycles. The predicted octanol–water partition coefficient (Wildman–Crippen LogP) is 5.77. The zero-order valence-corrected chi connectivity index (χ0v) is 16.3. The van der Waals surface area contributed by atoms with E-state index in [0.717, 1.165) is 16.7 Å². The quantitative estimate of drug-likeness (QED) is 0.523. The molecule has 3 aromatic carbocycles. The third kappa shape index (κ3) is 3.94. The molecule has 0 amide bonds. The van der Waals surface area contributed by atoms with Crippen molar-refractivity contribution in [1.29, 1.82) is 5.26 Å². The van der Waals surface area contributed by atoms with Crippen molar-refractivity contribution in [2.24, 2.45) is 5.92 Å². The summed E-state index contributed by atoms with van der Waals surface area (Å²) in [5.41, 5.74) is 3.07. The first-order valence-corrected chi connectivity index (χ1v) is 9.76. The number of hydrogen-bond acceptors (Lipinski definition) is 3. The van der Waals surface area contributed by atoms with E-state index in [9.17, 15) is 10.1 Å². The summed E-state index contributed by atoms with van der Waals surface area (Å²) in [6, 6.07) is 28.7. The lowest BCUT2D eigenvalue weighted by atomic mass is 9.75. The van der Waals surface area contributed by atoms with Crippen molar-refractivity contribution in [3.8, 4) is 6.07 Å². The lowest BCUT2D eigenvalue weighted by Gasteiger charge is -2.32. The van der Waals surface area contributed by atoms with Crippen LogP contribution in [-0.2, 0) is 16.0 Å². The number of nitriles is 1. The molecule has 1 heterocycles. The van der Waals surface area contributed by atoms with Crippen LogP contribution in [0.5, 0.6) is 0 Å². The number of hydrogen-bond donors (Lipinski definition) is 0. The van der Waals surface area contributed by atoms with E-state index in [2.05, 4.69) is 6.07 Å². The van der Waals surface area contributed by atoms with Gasteiger partial charge in [0.25, 0.3) is 0 Å². The standard InChI is InChI=1S/C25H18ClNO2/c26-20-13-11-18(12-14-20)23-21(15-17-7-3-1-4-8-17)25(28)29-24(22(23)16-27)19-9-5-2-6-10-19/h1-14,21,23H,15H2/t21-,23+/m0/s1. The lowest BCUT2D eigenvalue weighted by Crippen LogP contribution is -2.32. The van der Waals surface area contributed by atoms with Crippen LogP contribution in [0.4, 0.5) is 0 Å². The maximum atomic E-state index is 13.1. The molecule has 2 atom stereocenters. The fraction of sp³-hybridized carbons (Fsp3) is 0.120. The number of ether oxygens (including phenoxy) is 1. The molecule has 1 aliphatic rings. The van der Waals surface area contributed by atoms with Gasteiger partial charge in [0.2, 0.25) is 0 Å². The summed E-state index contributed by atoms with van der Waals surface area (Å²) in [4.78, 5) is 13.1. The van der Waals surface area contributed by atoms with Crippen LogP contribution in [0.1, 0.15) is 22.6 Å². The molecule has 0 bridgehead atoms. The molecule has 0 unspecified atom stereocenters. The molecule has 3 nitrogen and oxygen atoms in total. The number of allylic oxidation sites excluding steroid dienone is 1. The maximum absolute atomic E-state index is 13.1. The normalized spacial score (nSPS) is 18.8. The molecule has 0 radical (unpaired) electrons. The maximum Gasteiger partial charge on any atom is 0.315 e. The van der Waals surface area contributed by atoms with E-state index in [-0.39, 0.29) is 5.97 Å². The number of cyclic esters (lactones) is 1. The van der Waals surface area contributed by atoms with Crippen molar-refractivity contribution in [1.82, 2.24) is 0 Å². The van der Waals surface area contributed by atoms with Crippen LogP contribution in [-0.4, -0.2) is 5.97 Å². The second-order valence-electron chi connectivity index (χ2n) is 6.97. The molecule has 0 fully saturated rings. The second kappa shape index (κ2) is 8.34. The van der Waals surface area contributed by atoms with Crippen molar-refractivity contribution in [2.75, 3.05) is 0 Å². The number of carbonyl (C=O) groups is 1. The zero-order valence-electron chi connectivity index (χ0n) is 15.6. The minimum Gasteiger partial charge on any atom is -0.425 e. The van der Waals surface area contributed by atoms with E-state index in [1.165, 1.54) is 0 Å². The van der Waals surface area contributed by atoms with Gasteiger partial charge in [0.15, 0.2) is 5.76 Å². The average molecular weight is 400 g/mol. The molecule has 29 heavy (non-hydrogen) atoms. The molecule has 3 aromatic rings. The van der Waals surface area contributed by atoms with Crippen molar-refractivity contribution in [3.63, 3.8) is 0 Å². The third-order valence-corrected chi connectivity index (χ3v) is 5.40. The highest BCUT2D eigenvalue weighted by atomic mass is 35.5. The fourth-order valence-corrected chi connectivity index (χ4v) is 3.90. The Morgan fingerprint density at radius 2 is 1.52 bits per heavy atom. The molecule has 4 rings (SSSR count). The van der Waals surface area contributed by atoms with Crippen LogP contribution in [0.15, 0.2) is 90.5 Å². The first-order valence-electron chi connectivity index (χ1n) is 9.38. The first kappa shape index (κ1) is 19.0. The largest absolute Gasteiger partial charge is 0.425 e. The van der Waals surface area contributed by atoms with Gasteiger partial charge >= 0.3 is 5.97 Å². The van der Waals surface area contributed by atoms with Crippen molar-refractivity contribution in [2.45, 2.75) is 12.3 Å². The monoisotopic (exact) mass is 399 g/mol. The number of carbonyl (C=O) groups excluding carboxylic acids is 1. The van der Waals surface area contributed by atoms with E-state index in [4.69, 9.17) is 16.3 Å². The summed E-state index contributed by atoms with van der Waals surface area (Å²) in [6.45, 7) is 0. The summed E-state index contributed by atoms with van der Waals surface area (Å²) in [7, 11) is 0. The Hall–Kier alpha value is -3.35. The Morgan fingerprint density at radius 1 is 0.897 bits per heavy atom. The Labute approximate surface area is 174 Å². The van der Waals surface area contributed by atoms with E-state index < -0.39 is 11.8 Å². The van der Waals surface area contributed by atoms with Gasteiger partial charge in [-0.15, -0.1) is 0 Å². The van der Waals surface area contributed by atoms with Gasteiger partial charge in [0.05, 0.1) is 17.6 Å². The second-order valence-corrected chi connectivity index (χ2v) is 7.40. The lowest BCUT2D eigenvalue weighted by molar-refractivity contribution is -0.143. The fourth-order valence-electron chi connectivity index (χ4n) is 3.77. The zero-order chi connectivity index (χ0) is 20.2. The molecule has 0 spiro atoms. The smallest absolute Gasteiger partial charge is 0.315 e. The number of esters is 1. The summed E-state index contributed by atoms with van der Waals surface area (Å²) >= 11 is 6.07. The predicted molar refractivity (Wildman–Crippen MR) is 113 cm³/mol. The van der Waals surface area contributed by atoms with Crippen LogP contribution in [0.25, 0.3) is 5.76 Å². The minimum absolute atomic E-state index is 0.327. The molecule has 0 saturated heterocycles. The third-order valence-electron chi connectivity index (χ3n) is 5.15. The van der Waals surface area contributed by atoms with Gasteiger partial charge in [-0.1, -0.05) is 84.4 Å². The Balaban J connectivity index is 1.86. The van der Waals surface area contributed by atoms with Crippen LogP contribution >= 0.6 is 11.6 Å². The molecular formula is C25H18ClNO2. The van der Waals surface area contributed by atoms with Gasteiger partial charge in [0.1, 0.15) is 0 Å². The van der Waals surface area contributed by atoms with Gasteiger partial charge in [-0.3, -0.25) is 4.79 Å². The Morgan fingerprint density at radius 3 is 2.14 bits per heavy atom. The number of benzene rings is 3. The van der Waals surface area contributed by atoms with Gasteiger partial charge < -0.3 is 4.74 Å². The van der Waals surface area contributed by atoms with Crippen LogP contribution < -0.4 is 0 Å². The van der Waals surface area contributed by atoms with Crippen molar-refractivity contribution in [3.05, 3.63) is 112 Å². The first-order chi connectivity index (χ1) is 14.2. The van der Waals surface area contributed by atoms with Gasteiger partial charge in [-0.2, -0.15) is 5.26 Å².